The number of imide groups is 1. The minimum Gasteiger partial charge on any atom is -0.456 e. The first-order valence-corrected chi connectivity index (χ1v) is 7.97. The predicted molar refractivity (Wildman–Crippen MR) is 86.2 cm³/mol. The van der Waals surface area contributed by atoms with E-state index in [9.17, 15) is 14.4 Å². The topological polar surface area (TPSA) is 88.8 Å². The number of nitrogens with one attached hydrogen (secondary N) is 1. The fraction of sp³-hybridized carbons (Fsp3) is 0.278. The van der Waals surface area contributed by atoms with Crippen molar-refractivity contribution in [3.63, 3.8) is 0 Å². The van der Waals surface area contributed by atoms with E-state index in [1.807, 2.05) is 0 Å². The molecule has 4 rings (SSSR count). The molecule has 2 aliphatic rings. The Balaban J connectivity index is 1.53. The summed E-state index contributed by atoms with van der Waals surface area (Å²) in [6.45, 7) is 2.76. The molecule has 1 aromatic carbocycles. The van der Waals surface area contributed by atoms with E-state index in [1.165, 1.54) is 4.90 Å². The summed E-state index contributed by atoms with van der Waals surface area (Å²) in [5.74, 6) is -0.328. The Hall–Kier alpha value is -2.93. The van der Waals surface area contributed by atoms with Crippen LogP contribution in [0.25, 0.3) is 0 Å². The molecule has 7 nitrogen and oxygen atoms in total. The summed E-state index contributed by atoms with van der Waals surface area (Å²) in [5, 5.41) is 2.79. The molecule has 1 saturated heterocycles. The van der Waals surface area contributed by atoms with Crippen LogP contribution in [-0.2, 0) is 11.3 Å². The van der Waals surface area contributed by atoms with Gasteiger partial charge in [0.2, 0.25) is 0 Å². The van der Waals surface area contributed by atoms with Gasteiger partial charge in [0.05, 0.1) is 36.9 Å². The molecular formula is C18H16N2O5. The average molecular weight is 340 g/mol. The van der Waals surface area contributed by atoms with Gasteiger partial charge >= 0.3 is 0 Å². The summed E-state index contributed by atoms with van der Waals surface area (Å²) < 4.78 is 10.5. The first-order chi connectivity index (χ1) is 12.0. The van der Waals surface area contributed by atoms with Gasteiger partial charge in [0, 0.05) is 5.56 Å². The van der Waals surface area contributed by atoms with Gasteiger partial charge in [0.15, 0.2) is 5.76 Å². The highest BCUT2D eigenvalue weighted by Gasteiger charge is 2.35. The lowest BCUT2D eigenvalue weighted by Crippen LogP contribution is -2.48. The molecule has 2 aromatic rings. The van der Waals surface area contributed by atoms with E-state index in [0.717, 1.165) is 0 Å². The number of nitrogens with zero attached hydrogens (tertiary/aromatic N) is 1. The van der Waals surface area contributed by atoms with Gasteiger partial charge in [-0.15, -0.1) is 0 Å². The van der Waals surface area contributed by atoms with Crippen molar-refractivity contribution in [2.45, 2.75) is 19.5 Å². The molecule has 0 atom stereocenters. The van der Waals surface area contributed by atoms with Crippen LogP contribution in [0.4, 0.5) is 0 Å². The van der Waals surface area contributed by atoms with Crippen LogP contribution in [0.3, 0.4) is 0 Å². The van der Waals surface area contributed by atoms with Gasteiger partial charge in [-0.05, 0) is 25.1 Å². The minimum absolute atomic E-state index is 0.00223. The van der Waals surface area contributed by atoms with Crippen molar-refractivity contribution in [1.82, 2.24) is 10.2 Å². The quantitative estimate of drug-likeness (QED) is 0.852. The van der Waals surface area contributed by atoms with Crippen LogP contribution in [0.15, 0.2) is 34.7 Å². The molecule has 1 N–H and O–H groups in total. The van der Waals surface area contributed by atoms with Crippen LogP contribution in [0.5, 0.6) is 0 Å². The van der Waals surface area contributed by atoms with E-state index in [0.29, 0.717) is 35.7 Å². The van der Waals surface area contributed by atoms with Crippen LogP contribution in [-0.4, -0.2) is 41.9 Å². The third-order valence-corrected chi connectivity index (χ3v) is 4.42. The maximum Gasteiger partial charge on any atom is 0.287 e. The zero-order valence-corrected chi connectivity index (χ0v) is 13.6. The molecule has 0 bridgehead atoms. The molecule has 3 amide bonds. The second-order valence-electron chi connectivity index (χ2n) is 6.14. The van der Waals surface area contributed by atoms with Crippen molar-refractivity contribution < 1.29 is 23.5 Å². The fourth-order valence-corrected chi connectivity index (χ4v) is 2.92. The van der Waals surface area contributed by atoms with Crippen molar-refractivity contribution in [1.29, 1.82) is 0 Å². The minimum atomic E-state index is -0.334. The van der Waals surface area contributed by atoms with Crippen LogP contribution in [0.1, 0.15) is 42.6 Å². The Morgan fingerprint density at radius 1 is 1.20 bits per heavy atom. The second kappa shape index (κ2) is 5.86. The molecule has 25 heavy (non-hydrogen) atoms. The van der Waals surface area contributed by atoms with Crippen LogP contribution in [0.2, 0.25) is 0 Å². The molecule has 0 radical (unpaired) electrons. The first kappa shape index (κ1) is 15.6. The number of ether oxygens (including phenoxy) is 1. The van der Waals surface area contributed by atoms with Gasteiger partial charge < -0.3 is 14.5 Å². The standard InChI is InChI=1S/C18H16N2O5/c1-10-11(6-15(25-10)16(21)19-12-8-24-9-12)7-20-17(22)13-4-2-3-5-14(13)18(20)23/h2-6,12H,7-9H2,1H3,(H,19,21). The maximum absolute atomic E-state index is 12.4. The van der Waals surface area contributed by atoms with Gasteiger partial charge in [-0.3, -0.25) is 19.3 Å². The molecule has 3 heterocycles. The van der Waals surface area contributed by atoms with E-state index in [1.54, 1.807) is 37.3 Å². The normalized spacial score (nSPS) is 16.8. The number of furan rings is 1. The second-order valence-corrected chi connectivity index (χ2v) is 6.14. The summed E-state index contributed by atoms with van der Waals surface area (Å²) >= 11 is 0. The molecule has 0 aliphatic carbocycles. The van der Waals surface area contributed by atoms with Crippen molar-refractivity contribution >= 4 is 17.7 Å². The molecule has 1 fully saturated rings. The SMILES string of the molecule is Cc1oc(C(=O)NC2COC2)cc1CN1C(=O)c2ccccc2C1=O. The number of hydrogen-bond donors (Lipinski definition) is 1. The predicted octanol–water partition coefficient (Wildman–Crippen LogP) is 1.51. The lowest BCUT2D eigenvalue weighted by molar-refractivity contribution is -0.00391. The van der Waals surface area contributed by atoms with Gasteiger partial charge in [0.1, 0.15) is 5.76 Å². The Labute approximate surface area is 143 Å². The molecule has 128 valence electrons. The summed E-state index contributed by atoms with van der Waals surface area (Å²) in [4.78, 5) is 38.2. The lowest BCUT2D eigenvalue weighted by atomic mass is 10.1. The van der Waals surface area contributed by atoms with Crippen molar-refractivity contribution in [3.8, 4) is 0 Å². The maximum atomic E-state index is 12.4. The van der Waals surface area contributed by atoms with Crippen molar-refractivity contribution in [2.24, 2.45) is 0 Å². The number of rotatable bonds is 4. The fourth-order valence-electron chi connectivity index (χ4n) is 2.92. The van der Waals surface area contributed by atoms with E-state index in [4.69, 9.17) is 9.15 Å². The summed E-state index contributed by atoms with van der Waals surface area (Å²) in [6.07, 6.45) is 0. The van der Waals surface area contributed by atoms with E-state index < -0.39 is 0 Å². The van der Waals surface area contributed by atoms with E-state index in [2.05, 4.69) is 5.32 Å². The lowest BCUT2D eigenvalue weighted by Gasteiger charge is -2.26. The van der Waals surface area contributed by atoms with Crippen LogP contribution >= 0.6 is 0 Å². The molecule has 1 aromatic heterocycles. The zero-order valence-electron chi connectivity index (χ0n) is 13.6. The third-order valence-electron chi connectivity index (χ3n) is 4.42. The third kappa shape index (κ3) is 2.62. The Morgan fingerprint density at radius 3 is 2.40 bits per heavy atom. The number of fused-ring (bicyclic) bond motifs is 1. The number of amides is 3. The Kier molecular flexibility index (Phi) is 3.65. The monoisotopic (exact) mass is 340 g/mol. The van der Waals surface area contributed by atoms with Gasteiger partial charge in [-0.25, -0.2) is 0 Å². The smallest absolute Gasteiger partial charge is 0.287 e. The zero-order chi connectivity index (χ0) is 17.6. The van der Waals surface area contributed by atoms with Gasteiger partial charge in [-0.1, -0.05) is 12.1 Å². The van der Waals surface area contributed by atoms with Gasteiger partial charge in [-0.2, -0.15) is 0 Å². The number of benzene rings is 1. The Bertz CT molecular complexity index is 846. The van der Waals surface area contributed by atoms with E-state index in [-0.39, 0.29) is 36.1 Å². The van der Waals surface area contributed by atoms with Crippen LogP contribution < -0.4 is 5.32 Å². The van der Waals surface area contributed by atoms with E-state index >= 15 is 0 Å². The first-order valence-electron chi connectivity index (χ1n) is 7.97. The molecule has 0 saturated carbocycles. The summed E-state index contributed by atoms with van der Waals surface area (Å²) in [7, 11) is 0. The summed E-state index contributed by atoms with van der Waals surface area (Å²) in [6, 6.07) is 8.30. The van der Waals surface area contributed by atoms with Crippen molar-refractivity contribution in [2.75, 3.05) is 13.2 Å². The summed E-state index contributed by atoms with van der Waals surface area (Å²) in [5.41, 5.74) is 1.43. The molecule has 2 aliphatic heterocycles. The highest BCUT2D eigenvalue weighted by molar-refractivity contribution is 6.21. The average Bonchev–Trinajstić information content (AvgIpc) is 3.05. The molecular weight excluding hydrogens is 324 g/mol. The number of hydrogen-bond acceptors (Lipinski definition) is 5. The molecule has 7 heteroatoms. The highest BCUT2D eigenvalue weighted by Crippen LogP contribution is 2.26. The number of aryl methyl sites for hydroxylation is 1. The largest absolute Gasteiger partial charge is 0.456 e. The molecule has 0 spiro atoms. The number of carbonyl (C=O) groups is 3. The Morgan fingerprint density at radius 2 is 1.84 bits per heavy atom. The highest BCUT2D eigenvalue weighted by atomic mass is 16.5. The molecule has 0 unspecified atom stereocenters. The van der Waals surface area contributed by atoms with Gasteiger partial charge in [0.25, 0.3) is 17.7 Å². The van der Waals surface area contributed by atoms with Crippen LogP contribution in [0, 0.1) is 6.92 Å². The van der Waals surface area contributed by atoms with Crippen molar-refractivity contribution in [3.05, 3.63) is 58.5 Å². The number of carbonyl (C=O) groups excluding carboxylic acids is 3.